The van der Waals surface area contributed by atoms with E-state index in [0.29, 0.717) is 4.90 Å². The molecule has 2 bridgehead atoms. The van der Waals surface area contributed by atoms with Gasteiger partial charge in [-0.2, -0.15) is 35.1 Å². The molecular formula is C12H8F3N2NaO10S2. The van der Waals surface area contributed by atoms with Gasteiger partial charge >= 0.3 is 61.6 Å². The molecule has 0 unspecified atom stereocenters. The molecule has 30 heavy (non-hydrogen) atoms. The van der Waals surface area contributed by atoms with E-state index in [-0.39, 0.29) is 34.6 Å². The minimum atomic E-state index is -6.19. The van der Waals surface area contributed by atoms with Gasteiger partial charge in [0.05, 0.1) is 18.6 Å². The van der Waals surface area contributed by atoms with Crippen molar-refractivity contribution in [1.29, 1.82) is 0 Å². The van der Waals surface area contributed by atoms with Gasteiger partial charge in [0.15, 0.2) is 0 Å². The number of carboxylic acid groups (broad SMARTS) is 1. The quantitative estimate of drug-likeness (QED) is 0.189. The van der Waals surface area contributed by atoms with Gasteiger partial charge in [-0.25, -0.2) is 4.79 Å². The van der Waals surface area contributed by atoms with Crippen molar-refractivity contribution in [3.05, 3.63) is 29.3 Å². The number of rotatable bonds is 5. The standard InChI is InChI=1S/C12H9F3N2O10S2.Na/c13-12(14,15)28(21,22)26-7-3-1-2-5-8(7)6-4-16(9(5)10(18)19)11(20)17(6)27-29(23,24)25;/h1-3,6,9H,4H2,(H,18,19)(H,23,24,25);/q;+1/p-1/t6-,9+;/m0./s1. The van der Waals surface area contributed by atoms with Gasteiger partial charge in [-0.3, -0.25) is 4.55 Å². The van der Waals surface area contributed by atoms with E-state index < -0.39 is 73.5 Å². The second-order valence-electron chi connectivity index (χ2n) is 5.74. The fourth-order valence-electron chi connectivity index (χ4n) is 3.02. The van der Waals surface area contributed by atoms with Crippen LogP contribution in [0.5, 0.6) is 5.75 Å². The number of nitrogens with zero attached hydrogens (tertiary/aromatic N) is 2. The van der Waals surface area contributed by atoms with Crippen molar-refractivity contribution in [3.8, 4) is 5.75 Å². The van der Waals surface area contributed by atoms with E-state index in [0.717, 1.165) is 18.2 Å². The maximum atomic E-state index is 12.7. The Morgan fingerprint density at radius 3 is 2.33 bits per heavy atom. The van der Waals surface area contributed by atoms with Crippen LogP contribution < -0.4 is 38.8 Å². The Bertz CT molecular complexity index is 1110. The first-order valence-corrected chi connectivity index (χ1v) is 10.0. The number of aliphatic carboxylic acids is 1. The van der Waals surface area contributed by atoms with Gasteiger partial charge in [0.1, 0.15) is 11.8 Å². The Balaban J connectivity index is 0.00000320. The Morgan fingerprint density at radius 2 is 1.83 bits per heavy atom. The molecule has 1 aromatic carbocycles. The van der Waals surface area contributed by atoms with Crippen molar-refractivity contribution in [2.45, 2.75) is 17.6 Å². The molecule has 2 aliphatic rings. The average Bonchev–Trinajstić information content (AvgIpc) is 2.78. The van der Waals surface area contributed by atoms with Crippen molar-refractivity contribution < 1.29 is 87.3 Å². The van der Waals surface area contributed by atoms with E-state index in [1.165, 1.54) is 0 Å². The molecule has 12 nitrogen and oxygen atoms in total. The van der Waals surface area contributed by atoms with Crippen LogP contribution in [0, 0.1) is 0 Å². The van der Waals surface area contributed by atoms with Crippen LogP contribution in [0.15, 0.2) is 18.2 Å². The summed E-state index contributed by atoms with van der Waals surface area (Å²) in [5.41, 5.74) is -6.81. The number of carbonyl (C=O) groups excluding carboxylic acids is 2. The molecule has 0 radical (unpaired) electrons. The number of amides is 2. The zero-order valence-electron chi connectivity index (χ0n) is 14.6. The van der Waals surface area contributed by atoms with E-state index in [9.17, 15) is 44.7 Å². The number of hydrogen-bond acceptors (Lipinski definition) is 9. The Morgan fingerprint density at radius 1 is 1.23 bits per heavy atom. The molecular weight excluding hydrogens is 476 g/mol. The summed E-state index contributed by atoms with van der Waals surface area (Å²) in [4.78, 5) is 24.4. The first-order valence-electron chi connectivity index (χ1n) is 7.25. The van der Waals surface area contributed by atoms with Crippen LogP contribution in [0.25, 0.3) is 0 Å². The van der Waals surface area contributed by atoms with E-state index in [4.69, 9.17) is 4.55 Å². The van der Waals surface area contributed by atoms with Gasteiger partial charge in [0.25, 0.3) is 0 Å². The zero-order chi connectivity index (χ0) is 21.9. The molecule has 2 atom stereocenters. The van der Waals surface area contributed by atoms with Crippen molar-refractivity contribution in [2.75, 3.05) is 6.54 Å². The summed E-state index contributed by atoms with van der Waals surface area (Å²) in [5.74, 6) is -2.92. The molecule has 0 aromatic heterocycles. The number of fused-ring (bicyclic) bond motifs is 4. The number of carboxylic acids is 1. The first kappa shape index (κ1) is 24.6. The minimum absolute atomic E-state index is 0. The van der Waals surface area contributed by atoms with Crippen molar-refractivity contribution in [3.63, 3.8) is 0 Å². The summed E-state index contributed by atoms with van der Waals surface area (Å²) in [6.45, 7) is -0.646. The van der Waals surface area contributed by atoms with E-state index in [1.807, 2.05) is 0 Å². The first-order chi connectivity index (χ1) is 13.1. The fraction of sp³-hybridized carbons (Fsp3) is 0.333. The van der Waals surface area contributed by atoms with Crippen molar-refractivity contribution in [2.24, 2.45) is 0 Å². The summed E-state index contributed by atoms with van der Waals surface area (Å²) in [6.07, 6.45) is 0. The maximum Gasteiger partial charge on any atom is 1.00 e. The van der Waals surface area contributed by atoms with Crippen LogP contribution in [-0.4, -0.2) is 55.4 Å². The average molecular weight is 484 g/mol. The van der Waals surface area contributed by atoms with Crippen molar-refractivity contribution >= 4 is 32.5 Å². The second kappa shape index (κ2) is 7.81. The number of benzene rings is 1. The van der Waals surface area contributed by atoms with E-state index in [1.54, 1.807) is 0 Å². The Hall–Kier alpha value is -1.63. The molecule has 1 aromatic rings. The van der Waals surface area contributed by atoms with Gasteiger partial charge < -0.3 is 19.0 Å². The van der Waals surface area contributed by atoms with Gasteiger partial charge in [-0.15, -0.1) is 4.28 Å². The van der Waals surface area contributed by atoms with Gasteiger partial charge in [0, 0.05) is 5.56 Å². The summed E-state index contributed by atoms with van der Waals surface area (Å²) in [7, 11) is -11.5. The van der Waals surface area contributed by atoms with Crippen LogP contribution in [0.4, 0.5) is 18.0 Å². The van der Waals surface area contributed by atoms with E-state index >= 15 is 0 Å². The van der Waals surface area contributed by atoms with Crippen LogP contribution in [0.2, 0.25) is 0 Å². The molecule has 2 heterocycles. The molecule has 0 aliphatic carbocycles. The third-order valence-corrected chi connectivity index (χ3v) is 5.32. The van der Waals surface area contributed by atoms with Crippen LogP contribution >= 0.6 is 0 Å². The van der Waals surface area contributed by atoms with Crippen LogP contribution in [0.3, 0.4) is 0 Å². The Kier molecular flexibility index (Phi) is 6.41. The largest absolute Gasteiger partial charge is 1.00 e. The topological polar surface area (TPSA) is 171 Å². The van der Waals surface area contributed by atoms with Crippen LogP contribution in [0.1, 0.15) is 23.2 Å². The molecule has 160 valence electrons. The number of carbonyl (C=O) groups is 2. The number of alkyl halides is 3. The normalized spacial score (nSPS) is 21.1. The molecule has 3 rings (SSSR count). The number of halogens is 3. The summed E-state index contributed by atoms with van der Waals surface area (Å²) in [5, 5.41) is 11.5. The molecule has 2 amide bonds. The fourth-order valence-corrected chi connectivity index (χ4v) is 3.87. The minimum Gasteiger partial charge on any atom is -0.548 e. The van der Waals surface area contributed by atoms with Gasteiger partial charge in [0.2, 0.25) is 0 Å². The van der Waals surface area contributed by atoms with E-state index in [2.05, 4.69) is 8.47 Å². The number of urea groups is 1. The Labute approximate surface area is 188 Å². The summed E-state index contributed by atoms with van der Waals surface area (Å²) in [6, 6.07) is -2.22. The molecule has 18 heteroatoms. The zero-order valence-corrected chi connectivity index (χ0v) is 18.2. The van der Waals surface area contributed by atoms with Crippen molar-refractivity contribution in [1.82, 2.24) is 9.96 Å². The molecule has 0 saturated carbocycles. The van der Waals surface area contributed by atoms with Gasteiger partial charge in [-0.05, 0) is 11.6 Å². The summed E-state index contributed by atoms with van der Waals surface area (Å²) >= 11 is 0. The monoisotopic (exact) mass is 484 g/mol. The third kappa shape index (κ3) is 4.23. The van der Waals surface area contributed by atoms with Gasteiger partial charge in [-0.1, -0.05) is 12.1 Å². The predicted molar refractivity (Wildman–Crippen MR) is 79.1 cm³/mol. The van der Waals surface area contributed by atoms with Crippen LogP contribution in [-0.2, 0) is 29.6 Å². The maximum absolute atomic E-state index is 12.7. The smallest absolute Gasteiger partial charge is 0.548 e. The molecule has 1 saturated heterocycles. The second-order valence-corrected chi connectivity index (χ2v) is 8.28. The molecule has 1 fully saturated rings. The number of hydrogen-bond donors (Lipinski definition) is 1. The SMILES string of the molecule is O=C([O-])[C@H]1c2cccc(OS(=O)(=O)C(F)(F)F)c2[C@@H]2CN1C(=O)N2OS(=O)(=O)O.[Na+]. The predicted octanol–water partition coefficient (Wildman–Crippen LogP) is -3.76. The molecule has 2 aliphatic heterocycles. The molecule has 1 N–H and O–H groups in total. The number of hydroxylamine groups is 2. The summed E-state index contributed by atoms with van der Waals surface area (Å²) < 4.78 is 99.8. The third-order valence-electron chi connectivity index (χ3n) is 4.01. The molecule has 0 spiro atoms.